The van der Waals surface area contributed by atoms with Gasteiger partial charge in [-0.3, -0.25) is 19.7 Å². The van der Waals surface area contributed by atoms with Gasteiger partial charge >= 0.3 is 5.69 Å². The molecule has 8 nitrogen and oxygen atoms in total. The van der Waals surface area contributed by atoms with Crippen molar-refractivity contribution in [2.45, 2.75) is 19.4 Å². The normalized spacial score (nSPS) is 10.8. The number of amides is 2. The summed E-state index contributed by atoms with van der Waals surface area (Å²) in [5, 5.41) is 22.6. The van der Waals surface area contributed by atoms with Gasteiger partial charge in [-0.15, -0.1) is 0 Å². The summed E-state index contributed by atoms with van der Waals surface area (Å²) in [5.41, 5.74) is 2.85. The third kappa shape index (κ3) is 2.97. The van der Waals surface area contributed by atoms with Crippen LogP contribution in [0.2, 0.25) is 0 Å². The first-order valence-corrected chi connectivity index (χ1v) is 5.25. The van der Waals surface area contributed by atoms with Crippen LogP contribution in [0.4, 0.5) is 5.69 Å². The van der Waals surface area contributed by atoms with E-state index in [9.17, 15) is 24.8 Å². The molecule has 0 fully saturated rings. The van der Waals surface area contributed by atoms with Crippen molar-refractivity contribution in [3.63, 3.8) is 0 Å². The molecule has 1 rings (SSSR count). The van der Waals surface area contributed by atoms with E-state index in [2.05, 4.69) is 5.32 Å². The van der Waals surface area contributed by atoms with Crippen molar-refractivity contribution in [1.82, 2.24) is 5.32 Å². The number of carbonyl (C=O) groups excluding carboxylic acids is 2. The topological polar surface area (TPSA) is 136 Å². The summed E-state index contributed by atoms with van der Waals surface area (Å²) in [6.07, 6.45) is 0. The maximum absolute atomic E-state index is 11.9. The molecular formula is C11H13N3O5. The summed E-state index contributed by atoms with van der Waals surface area (Å²) in [4.78, 5) is 32.8. The number of rotatable bonds is 4. The summed E-state index contributed by atoms with van der Waals surface area (Å²) in [6, 6.07) is 3.52. The number of carbonyl (C=O) groups is 2. The number of nitrogens with two attached hydrogens (primary N) is 1. The largest absolute Gasteiger partial charge is 0.502 e. The van der Waals surface area contributed by atoms with Crippen LogP contribution in [0.3, 0.4) is 0 Å². The predicted octanol–water partition coefficient (Wildman–Crippen LogP) is 0.294. The Balaban J connectivity index is 3.12. The first-order valence-electron chi connectivity index (χ1n) is 5.25. The van der Waals surface area contributed by atoms with Gasteiger partial charge in [0.25, 0.3) is 5.91 Å². The molecule has 0 spiro atoms. The van der Waals surface area contributed by atoms with Crippen molar-refractivity contribution in [2.24, 2.45) is 5.73 Å². The molecule has 1 aromatic rings. The molecule has 1 aromatic carbocycles. The van der Waals surface area contributed by atoms with Crippen LogP contribution in [-0.2, 0) is 4.79 Å². The summed E-state index contributed by atoms with van der Waals surface area (Å²) in [6.45, 7) is 2.75. The number of phenolic OH excluding ortho intramolecular Hbond substituents is 1. The maximum atomic E-state index is 11.9. The van der Waals surface area contributed by atoms with E-state index in [1.807, 2.05) is 0 Å². The van der Waals surface area contributed by atoms with Crippen molar-refractivity contribution < 1.29 is 19.6 Å². The van der Waals surface area contributed by atoms with Gasteiger partial charge in [-0.2, -0.15) is 0 Å². The number of hydrogen-bond donors (Lipinski definition) is 3. The molecule has 2 amide bonds. The standard InChI is InChI=1S/C11H13N3O5/c1-11(2,10(12)17)13-9(16)6-4-3-5-7(8(6)15)14(18)19/h3-5,15H,1-2H3,(H2,12,17)(H,13,16). The predicted molar refractivity (Wildman–Crippen MR) is 65.5 cm³/mol. The SMILES string of the molecule is CC(C)(NC(=O)c1cccc([N+](=O)[O-])c1O)C(N)=O. The summed E-state index contributed by atoms with van der Waals surface area (Å²) in [7, 11) is 0. The molecule has 0 aliphatic rings. The van der Waals surface area contributed by atoms with Gasteiger partial charge in [0.15, 0.2) is 0 Å². The third-order valence-electron chi connectivity index (χ3n) is 2.50. The highest BCUT2D eigenvalue weighted by atomic mass is 16.6. The van der Waals surface area contributed by atoms with E-state index in [-0.39, 0.29) is 5.56 Å². The number of nitro benzene ring substituents is 1. The minimum Gasteiger partial charge on any atom is -0.502 e. The van der Waals surface area contributed by atoms with Crippen LogP contribution < -0.4 is 11.1 Å². The Labute approximate surface area is 108 Å². The van der Waals surface area contributed by atoms with Crippen molar-refractivity contribution in [3.8, 4) is 5.75 Å². The fourth-order valence-corrected chi connectivity index (χ4v) is 1.27. The smallest absolute Gasteiger partial charge is 0.311 e. The zero-order valence-corrected chi connectivity index (χ0v) is 10.3. The molecule has 0 unspecified atom stereocenters. The molecule has 0 aliphatic heterocycles. The first kappa shape index (κ1) is 14.4. The highest BCUT2D eigenvalue weighted by Crippen LogP contribution is 2.29. The molecule has 0 bridgehead atoms. The molecule has 4 N–H and O–H groups in total. The Hall–Kier alpha value is -2.64. The number of nitro groups is 1. The Morgan fingerprint density at radius 1 is 1.42 bits per heavy atom. The molecule has 0 aliphatic carbocycles. The van der Waals surface area contributed by atoms with Crippen LogP contribution in [0, 0.1) is 10.1 Å². The molecule has 0 saturated carbocycles. The van der Waals surface area contributed by atoms with Crippen molar-refractivity contribution >= 4 is 17.5 Å². The Kier molecular flexibility index (Phi) is 3.74. The van der Waals surface area contributed by atoms with Crippen molar-refractivity contribution in [3.05, 3.63) is 33.9 Å². The maximum Gasteiger partial charge on any atom is 0.311 e. The molecule has 0 aromatic heterocycles. The van der Waals surface area contributed by atoms with Gasteiger partial charge in [0.05, 0.1) is 10.5 Å². The summed E-state index contributed by atoms with van der Waals surface area (Å²) in [5.74, 6) is -2.36. The number of para-hydroxylation sites is 1. The van der Waals surface area contributed by atoms with Crippen LogP contribution in [0.1, 0.15) is 24.2 Å². The van der Waals surface area contributed by atoms with Crippen LogP contribution in [0.15, 0.2) is 18.2 Å². The van der Waals surface area contributed by atoms with Gasteiger partial charge in [-0.25, -0.2) is 0 Å². The lowest BCUT2D eigenvalue weighted by Crippen LogP contribution is -2.53. The number of nitrogens with one attached hydrogen (secondary N) is 1. The number of nitrogens with zero attached hydrogens (tertiary/aromatic N) is 1. The summed E-state index contributed by atoms with van der Waals surface area (Å²) < 4.78 is 0. The first-order chi connectivity index (χ1) is 8.66. The van der Waals surface area contributed by atoms with Gasteiger partial charge in [0.1, 0.15) is 5.54 Å². The lowest BCUT2D eigenvalue weighted by atomic mass is 10.0. The summed E-state index contributed by atoms with van der Waals surface area (Å²) >= 11 is 0. The van der Waals surface area contributed by atoms with E-state index in [1.54, 1.807) is 0 Å². The Bertz CT molecular complexity index is 553. The van der Waals surface area contributed by atoms with Gasteiger partial charge in [-0.05, 0) is 19.9 Å². The van der Waals surface area contributed by atoms with E-state index in [4.69, 9.17) is 5.73 Å². The monoisotopic (exact) mass is 267 g/mol. The van der Waals surface area contributed by atoms with E-state index in [1.165, 1.54) is 26.0 Å². The number of hydrogen-bond acceptors (Lipinski definition) is 5. The second-order valence-corrected chi connectivity index (χ2v) is 4.37. The quantitative estimate of drug-likeness (QED) is 0.532. The highest BCUT2D eigenvalue weighted by Gasteiger charge is 2.29. The minimum absolute atomic E-state index is 0.302. The molecule has 8 heteroatoms. The van der Waals surface area contributed by atoms with E-state index < -0.39 is 33.7 Å². The molecule has 102 valence electrons. The zero-order chi connectivity index (χ0) is 14.8. The fourth-order valence-electron chi connectivity index (χ4n) is 1.27. The van der Waals surface area contributed by atoms with Crippen LogP contribution >= 0.6 is 0 Å². The Morgan fingerprint density at radius 3 is 2.47 bits per heavy atom. The van der Waals surface area contributed by atoms with Crippen molar-refractivity contribution in [1.29, 1.82) is 0 Å². The van der Waals surface area contributed by atoms with Crippen LogP contribution in [0.5, 0.6) is 5.75 Å². The lowest BCUT2D eigenvalue weighted by molar-refractivity contribution is -0.385. The molecule has 0 saturated heterocycles. The molecule has 0 radical (unpaired) electrons. The van der Waals surface area contributed by atoms with Crippen LogP contribution in [-0.4, -0.2) is 27.4 Å². The molecule has 0 heterocycles. The lowest BCUT2D eigenvalue weighted by Gasteiger charge is -2.22. The van der Waals surface area contributed by atoms with Crippen LogP contribution in [0.25, 0.3) is 0 Å². The average molecular weight is 267 g/mol. The minimum atomic E-state index is -1.34. The fraction of sp³-hybridized carbons (Fsp3) is 0.273. The zero-order valence-electron chi connectivity index (χ0n) is 10.3. The second kappa shape index (κ2) is 4.92. The van der Waals surface area contributed by atoms with Gasteiger partial charge in [-0.1, -0.05) is 6.07 Å². The van der Waals surface area contributed by atoms with E-state index in [0.29, 0.717) is 0 Å². The number of aromatic hydroxyl groups is 1. The Morgan fingerprint density at radius 2 is 2.00 bits per heavy atom. The van der Waals surface area contributed by atoms with E-state index >= 15 is 0 Å². The molecule has 0 atom stereocenters. The molecular weight excluding hydrogens is 254 g/mol. The van der Waals surface area contributed by atoms with Gasteiger partial charge < -0.3 is 16.2 Å². The average Bonchev–Trinajstić information content (AvgIpc) is 2.27. The molecule has 19 heavy (non-hydrogen) atoms. The van der Waals surface area contributed by atoms with Gasteiger partial charge in [0, 0.05) is 6.07 Å². The highest BCUT2D eigenvalue weighted by molar-refractivity contribution is 6.01. The number of primary amides is 1. The van der Waals surface area contributed by atoms with Gasteiger partial charge in [0.2, 0.25) is 11.7 Å². The number of benzene rings is 1. The second-order valence-electron chi connectivity index (χ2n) is 4.37. The third-order valence-corrected chi connectivity index (χ3v) is 2.50. The number of phenols is 1. The van der Waals surface area contributed by atoms with E-state index in [0.717, 1.165) is 6.07 Å². The van der Waals surface area contributed by atoms with Crippen molar-refractivity contribution in [2.75, 3.05) is 0 Å².